The number of fused-ring (bicyclic) bond motifs is 1. The summed E-state index contributed by atoms with van der Waals surface area (Å²) in [7, 11) is 5.81. The fourth-order valence-electron chi connectivity index (χ4n) is 5.75. The summed E-state index contributed by atoms with van der Waals surface area (Å²) in [6, 6.07) is 13.2. The van der Waals surface area contributed by atoms with E-state index in [1.807, 2.05) is 61.9 Å². The SMILES string of the molecule is Cc1ccc(C(=O)Nc2ccc(CN3CC[C@H](N(C)C)C3)c(C(F)(F)F)c2)cc1C#Cc1cnc2c(Nc3cnn(C)c3)cccn12. The smallest absolute Gasteiger partial charge is 0.350 e. The highest BCUT2D eigenvalue weighted by Gasteiger charge is 2.35. The monoisotopic (exact) mass is 640 g/mol. The van der Waals surface area contributed by atoms with Gasteiger partial charge in [-0.1, -0.05) is 18.1 Å². The molecule has 12 heteroatoms. The summed E-state index contributed by atoms with van der Waals surface area (Å²) in [5.41, 5.74) is 4.23. The number of imidazole rings is 1. The molecule has 1 atom stereocenters. The molecule has 1 aliphatic rings. The van der Waals surface area contributed by atoms with Gasteiger partial charge in [-0.15, -0.1) is 0 Å². The lowest BCUT2D eigenvalue weighted by molar-refractivity contribution is -0.138. The molecule has 0 unspecified atom stereocenters. The summed E-state index contributed by atoms with van der Waals surface area (Å²) >= 11 is 0. The molecule has 242 valence electrons. The molecule has 0 saturated carbocycles. The number of carbonyl (C=O) groups is 1. The number of likely N-dealkylation sites (N-methyl/N-ethyl adjacent to an activating group) is 1. The van der Waals surface area contributed by atoms with Crippen LogP contribution < -0.4 is 10.6 Å². The minimum absolute atomic E-state index is 0.0771. The van der Waals surface area contributed by atoms with Crippen molar-refractivity contribution in [2.45, 2.75) is 32.1 Å². The highest BCUT2D eigenvalue weighted by molar-refractivity contribution is 6.04. The normalized spacial score (nSPS) is 15.2. The molecule has 0 aliphatic carbocycles. The van der Waals surface area contributed by atoms with Crippen molar-refractivity contribution >= 4 is 28.6 Å². The number of hydrogen-bond acceptors (Lipinski definition) is 6. The van der Waals surface area contributed by atoms with Crippen molar-refractivity contribution in [1.82, 2.24) is 29.0 Å². The zero-order valence-electron chi connectivity index (χ0n) is 26.6. The Morgan fingerprint density at radius 1 is 1.09 bits per heavy atom. The summed E-state index contributed by atoms with van der Waals surface area (Å²) in [5, 5.41) is 10.1. The molecule has 2 aromatic carbocycles. The predicted molar refractivity (Wildman–Crippen MR) is 176 cm³/mol. The summed E-state index contributed by atoms with van der Waals surface area (Å²) in [4.78, 5) is 21.9. The van der Waals surface area contributed by atoms with E-state index in [-0.39, 0.29) is 23.4 Å². The molecule has 4 heterocycles. The van der Waals surface area contributed by atoms with Gasteiger partial charge in [0, 0.05) is 61.9 Å². The van der Waals surface area contributed by atoms with E-state index in [0.717, 1.165) is 36.0 Å². The Morgan fingerprint density at radius 2 is 1.91 bits per heavy atom. The molecule has 5 aromatic rings. The fourth-order valence-corrected chi connectivity index (χ4v) is 5.75. The third-order valence-electron chi connectivity index (χ3n) is 8.39. The Balaban J connectivity index is 1.19. The number of anilines is 3. The largest absolute Gasteiger partial charge is 0.416 e. The standard InChI is InChI=1S/C35H35F3N8O/c1-23-7-8-25(16-24(23)10-12-29-19-39-33-32(6-5-14-46(29)33)41-28-18-40-44(4)21-28)34(47)42-27-11-9-26(31(17-27)35(36,37)38)20-45-15-13-30(22-45)43(2)3/h5-9,11,14,16-19,21,30,41H,13,15,20,22H2,1-4H3,(H,42,47)/t30-/m0/s1. The number of nitrogens with zero attached hydrogens (tertiary/aromatic N) is 6. The maximum Gasteiger partial charge on any atom is 0.416 e. The highest BCUT2D eigenvalue weighted by atomic mass is 19.4. The summed E-state index contributed by atoms with van der Waals surface area (Å²) < 4.78 is 45.9. The number of amides is 1. The number of aromatic nitrogens is 4. The van der Waals surface area contributed by atoms with Gasteiger partial charge in [-0.3, -0.25) is 18.8 Å². The van der Waals surface area contributed by atoms with Crippen molar-refractivity contribution < 1.29 is 18.0 Å². The number of likely N-dealkylation sites (tertiary alicyclic amines) is 1. The van der Waals surface area contributed by atoms with E-state index in [4.69, 9.17) is 0 Å². The zero-order chi connectivity index (χ0) is 33.3. The Morgan fingerprint density at radius 3 is 2.64 bits per heavy atom. The molecule has 0 radical (unpaired) electrons. The Kier molecular flexibility index (Phi) is 8.77. The molecule has 0 spiro atoms. The molecule has 1 amide bonds. The van der Waals surface area contributed by atoms with Crippen LogP contribution in [0.4, 0.5) is 30.2 Å². The van der Waals surface area contributed by atoms with Crippen molar-refractivity contribution in [3.05, 3.63) is 107 Å². The van der Waals surface area contributed by atoms with Gasteiger partial charge in [-0.2, -0.15) is 18.3 Å². The van der Waals surface area contributed by atoms with E-state index in [1.165, 1.54) is 12.1 Å². The number of alkyl halides is 3. The first-order chi connectivity index (χ1) is 22.4. The minimum atomic E-state index is -4.56. The Labute approximate surface area is 271 Å². The lowest BCUT2D eigenvalue weighted by atomic mass is 10.0. The van der Waals surface area contributed by atoms with Gasteiger partial charge in [0.25, 0.3) is 5.91 Å². The summed E-state index contributed by atoms with van der Waals surface area (Å²) in [6.45, 7) is 3.52. The molecule has 47 heavy (non-hydrogen) atoms. The van der Waals surface area contributed by atoms with Crippen LogP contribution in [0.5, 0.6) is 0 Å². The average molecular weight is 641 g/mol. The summed E-state index contributed by atoms with van der Waals surface area (Å²) in [6.07, 6.45) is 3.48. The van der Waals surface area contributed by atoms with Crippen LogP contribution >= 0.6 is 0 Å². The van der Waals surface area contributed by atoms with Crippen LogP contribution in [0.2, 0.25) is 0 Å². The number of halogens is 3. The first-order valence-electron chi connectivity index (χ1n) is 15.2. The van der Waals surface area contributed by atoms with E-state index in [0.29, 0.717) is 29.5 Å². The highest BCUT2D eigenvalue weighted by Crippen LogP contribution is 2.35. The third kappa shape index (κ3) is 7.16. The second kappa shape index (κ2) is 12.9. The number of nitrogens with one attached hydrogen (secondary N) is 2. The van der Waals surface area contributed by atoms with Crippen molar-refractivity contribution in [2.24, 2.45) is 7.05 Å². The second-order valence-electron chi connectivity index (χ2n) is 12.0. The lowest BCUT2D eigenvalue weighted by Gasteiger charge is -2.22. The van der Waals surface area contributed by atoms with Gasteiger partial charge in [0.05, 0.1) is 29.3 Å². The summed E-state index contributed by atoms with van der Waals surface area (Å²) in [5.74, 6) is 5.76. The molecule has 1 fully saturated rings. The zero-order valence-corrected chi connectivity index (χ0v) is 26.6. The van der Waals surface area contributed by atoms with Gasteiger partial charge >= 0.3 is 6.18 Å². The molecule has 2 N–H and O–H groups in total. The number of pyridine rings is 1. The first-order valence-corrected chi connectivity index (χ1v) is 15.2. The van der Waals surface area contributed by atoms with Crippen LogP contribution in [0.15, 0.2) is 73.3 Å². The van der Waals surface area contributed by atoms with Crippen molar-refractivity contribution in [2.75, 3.05) is 37.8 Å². The molecule has 0 bridgehead atoms. The molecule has 1 aliphatic heterocycles. The van der Waals surface area contributed by atoms with Crippen molar-refractivity contribution in [1.29, 1.82) is 0 Å². The second-order valence-corrected chi connectivity index (χ2v) is 12.0. The van der Waals surface area contributed by atoms with Gasteiger partial charge in [0.15, 0.2) is 5.65 Å². The molecular weight excluding hydrogens is 605 g/mol. The molecule has 6 rings (SSSR count). The van der Waals surface area contributed by atoms with Gasteiger partial charge in [0.2, 0.25) is 0 Å². The van der Waals surface area contributed by atoms with Gasteiger partial charge < -0.3 is 15.5 Å². The predicted octanol–water partition coefficient (Wildman–Crippen LogP) is 5.93. The molecular formula is C35H35F3N8O. The van der Waals surface area contributed by atoms with E-state index in [1.54, 1.807) is 35.3 Å². The number of hydrogen-bond donors (Lipinski definition) is 2. The van der Waals surface area contributed by atoms with Crippen LogP contribution in [-0.4, -0.2) is 68.1 Å². The maximum absolute atomic E-state index is 14.1. The lowest BCUT2D eigenvalue weighted by Crippen LogP contribution is -2.31. The van der Waals surface area contributed by atoms with Crippen LogP contribution in [0, 0.1) is 18.8 Å². The third-order valence-corrected chi connectivity index (χ3v) is 8.39. The topological polar surface area (TPSA) is 82.7 Å². The molecule has 9 nitrogen and oxygen atoms in total. The fraction of sp³-hybridized carbons (Fsp3) is 0.286. The van der Waals surface area contributed by atoms with E-state index in [2.05, 4.69) is 37.5 Å². The number of rotatable bonds is 7. The Bertz CT molecular complexity index is 2000. The van der Waals surface area contributed by atoms with Crippen LogP contribution in [0.1, 0.15) is 44.7 Å². The van der Waals surface area contributed by atoms with E-state index in [9.17, 15) is 18.0 Å². The van der Waals surface area contributed by atoms with Gasteiger partial charge in [-0.05, 0) is 80.9 Å². The number of benzene rings is 2. The van der Waals surface area contributed by atoms with Crippen LogP contribution in [0.3, 0.4) is 0 Å². The van der Waals surface area contributed by atoms with Gasteiger partial charge in [0.1, 0.15) is 5.69 Å². The quantitative estimate of drug-likeness (QED) is 0.215. The van der Waals surface area contributed by atoms with Gasteiger partial charge in [-0.25, -0.2) is 4.98 Å². The molecule has 3 aromatic heterocycles. The number of aryl methyl sites for hydroxylation is 2. The Hall–Kier alpha value is -5.12. The molecule has 1 saturated heterocycles. The maximum atomic E-state index is 14.1. The minimum Gasteiger partial charge on any atom is -0.350 e. The average Bonchev–Trinajstić information content (AvgIpc) is 3.77. The van der Waals surface area contributed by atoms with Crippen molar-refractivity contribution in [3.8, 4) is 11.8 Å². The number of carbonyl (C=O) groups excluding carboxylic acids is 1. The van der Waals surface area contributed by atoms with Crippen LogP contribution in [-0.2, 0) is 19.8 Å². The first kappa shape index (κ1) is 31.8. The van der Waals surface area contributed by atoms with E-state index >= 15 is 0 Å². The van der Waals surface area contributed by atoms with Crippen molar-refractivity contribution in [3.63, 3.8) is 0 Å². The van der Waals surface area contributed by atoms with Crippen LogP contribution in [0.25, 0.3) is 5.65 Å². The van der Waals surface area contributed by atoms with E-state index < -0.39 is 17.6 Å².